The van der Waals surface area contributed by atoms with Crippen LogP contribution in [0.15, 0.2) is 12.2 Å². The van der Waals surface area contributed by atoms with Gasteiger partial charge >= 0.3 is 0 Å². The summed E-state index contributed by atoms with van der Waals surface area (Å²) < 4.78 is 11.3. The Bertz CT molecular complexity index is 919. The molecule has 0 saturated carbocycles. The second kappa shape index (κ2) is 40.0. The molecule has 1 amide bonds. The van der Waals surface area contributed by atoms with Gasteiger partial charge in [-0.05, 0) is 38.5 Å². The summed E-state index contributed by atoms with van der Waals surface area (Å²) in [6.45, 7) is 3.84. The largest absolute Gasteiger partial charge is 0.394 e. The Hall–Kier alpha value is -1.07. The maximum Gasteiger partial charge on any atom is 0.220 e. The van der Waals surface area contributed by atoms with Crippen molar-refractivity contribution in [1.29, 1.82) is 0 Å². The SMILES string of the molecule is CCCCCCCCCC/C=C\CCCCCCCCCCCCCC(=O)NC(COC1OC(CO)C(O)C(O)C1O)C(O)CCCCCCCCCCCCCC. The first kappa shape index (κ1) is 54.9. The van der Waals surface area contributed by atoms with Gasteiger partial charge in [0.25, 0.3) is 0 Å². The van der Waals surface area contributed by atoms with E-state index in [0.29, 0.717) is 12.8 Å². The van der Waals surface area contributed by atoms with Crippen molar-refractivity contribution >= 4 is 5.91 Å². The molecule has 9 nitrogen and oxygen atoms in total. The van der Waals surface area contributed by atoms with Crippen molar-refractivity contribution in [1.82, 2.24) is 5.32 Å². The predicted octanol–water partition coefficient (Wildman–Crippen LogP) is 10.9. The number of carbonyl (C=O) groups is 1. The number of hydrogen-bond donors (Lipinski definition) is 6. The summed E-state index contributed by atoms with van der Waals surface area (Å²) in [6, 6.07) is -0.714. The van der Waals surface area contributed by atoms with Crippen molar-refractivity contribution < 1.29 is 39.8 Å². The number of allylic oxidation sites excluding steroid dienone is 2. The first-order chi connectivity index (χ1) is 28.3. The molecule has 9 heteroatoms. The van der Waals surface area contributed by atoms with Crippen LogP contribution in [0.25, 0.3) is 0 Å². The Labute approximate surface area is 356 Å². The van der Waals surface area contributed by atoms with Crippen molar-refractivity contribution in [3.05, 3.63) is 12.2 Å². The number of ether oxygens (including phenoxy) is 2. The molecule has 0 aromatic carbocycles. The number of amides is 1. The minimum absolute atomic E-state index is 0.135. The molecule has 344 valence electrons. The molecular weight excluding hydrogens is 731 g/mol. The molecule has 0 aromatic heterocycles. The first-order valence-corrected chi connectivity index (χ1v) is 24.9. The lowest BCUT2D eigenvalue weighted by Gasteiger charge is -2.40. The molecule has 1 fully saturated rings. The van der Waals surface area contributed by atoms with Crippen LogP contribution in [0.3, 0.4) is 0 Å². The highest BCUT2D eigenvalue weighted by Crippen LogP contribution is 2.23. The molecule has 7 atom stereocenters. The fourth-order valence-corrected chi connectivity index (χ4v) is 8.10. The quantitative estimate of drug-likeness (QED) is 0.0263. The second-order valence-corrected chi connectivity index (χ2v) is 17.6. The fraction of sp³-hybridized carbons (Fsp3) is 0.939. The van der Waals surface area contributed by atoms with E-state index in [-0.39, 0.29) is 12.5 Å². The average Bonchev–Trinajstić information content (AvgIpc) is 3.22. The zero-order valence-corrected chi connectivity index (χ0v) is 37.8. The molecule has 0 aromatic rings. The van der Waals surface area contributed by atoms with Gasteiger partial charge in [-0.1, -0.05) is 206 Å². The Morgan fingerprint density at radius 3 is 1.40 bits per heavy atom. The summed E-state index contributed by atoms with van der Waals surface area (Å²) >= 11 is 0. The molecule has 1 aliphatic heterocycles. The number of aliphatic hydroxyl groups is 5. The average molecular weight is 826 g/mol. The van der Waals surface area contributed by atoms with Crippen LogP contribution >= 0.6 is 0 Å². The van der Waals surface area contributed by atoms with Crippen molar-refractivity contribution in [2.24, 2.45) is 0 Å². The van der Waals surface area contributed by atoms with Crippen LogP contribution in [0, 0.1) is 0 Å². The van der Waals surface area contributed by atoms with E-state index < -0.39 is 49.5 Å². The van der Waals surface area contributed by atoms with Gasteiger partial charge < -0.3 is 40.3 Å². The molecule has 7 unspecified atom stereocenters. The normalized spacial score (nSPS) is 20.8. The number of carbonyl (C=O) groups excluding carboxylic acids is 1. The minimum Gasteiger partial charge on any atom is -0.394 e. The molecule has 1 saturated heterocycles. The summed E-state index contributed by atoms with van der Waals surface area (Å²) in [5.41, 5.74) is 0. The number of nitrogens with one attached hydrogen (secondary N) is 1. The molecule has 1 rings (SSSR count). The van der Waals surface area contributed by atoms with Crippen LogP contribution in [-0.2, 0) is 14.3 Å². The van der Waals surface area contributed by atoms with E-state index in [1.807, 2.05) is 0 Å². The van der Waals surface area contributed by atoms with Crippen LogP contribution in [0.4, 0.5) is 0 Å². The fourth-order valence-electron chi connectivity index (χ4n) is 8.10. The summed E-state index contributed by atoms with van der Waals surface area (Å²) in [4.78, 5) is 13.0. The first-order valence-electron chi connectivity index (χ1n) is 24.9. The van der Waals surface area contributed by atoms with Crippen LogP contribution in [0.1, 0.15) is 239 Å². The third-order valence-corrected chi connectivity index (χ3v) is 12.1. The summed E-state index contributed by atoms with van der Waals surface area (Å²) in [6.07, 6.45) is 39.4. The molecule has 1 heterocycles. The predicted molar refractivity (Wildman–Crippen MR) is 240 cm³/mol. The zero-order valence-electron chi connectivity index (χ0n) is 37.8. The lowest BCUT2D eigenvalue weighted by Crippen LogP contribution is -2.60. The molecule has 0 spiro atoms. The van der Waals surface area contributed by atoms with Crippen molar-refractivity contribution in [2.75, 3.05) is 13.2 Å². The smallest absolute Gasteiger partial charge is 0.220 e. The van der Waals surface area contributed by atoms with Gasteiger partial charge in [0.2, 0.25) is 5.91 Å². The number of unbranched alkanes of at least 4 members (excludes halogenated alkanes) is 30. The highest BCUT2D eigenvalue weighted by atomic mass is 16.7. The molecule has 1 aliphatic rings. The second-order valence-electron chi connectivity index (χ2n) is 17.6. The van der Waals surface area contributed by atoms with Crippen molar-refractivity contribution in [3.8, 4) is 0 Å². The standard InChI is InChI=1S/C49H95NO8/c1-3-5-7-9-11-13-15-17-18-19-20-21-22-23-24-25-26-27-29-31-33-35-37-39-45(53)50-42(41-57-49-48(56)47(55)46(54)44(40-51)58-49)43(52)38-36-34-32-30-28-16-14-12-10-8-6-4-2/h19-20,42-44,46-49,51-52,54-56H,3-18,21-41H2,1-2H3,(H,50,53)/b20-19-. The Morgan fingerprint density at radius 2 is 0.966 bits per heavy atom. The van der Waals surface area contributed by atoms with Gasteiger partial charge in [0.15, 0.2) is 6.29 Å². The van der Waals surface area contributed by atoms with E-state index >= 15 is 0 Å². The minimum atomic E-state index is -1.55. The Morgan fingerprint density at radius 1 is 0.569 bits per heavy atom. The monoisotopic (exact) mass is 826 g/mol. The van der Waals surface area contributed by atoms with E-state index in [1.165, 1.54) is 173 Å². The molecular formula is C49H95NO8. The van der Waals surface area contributed by atoms with Crippen LogP contribution in [0.5, 0.6) is 0 Å². The van der Waals surface area contributed by atoms with Crippen LogP contribution in [0.2, 0.25) is 0 Å². The van der Waals surface area contributed by atoms with Gasteiger partial charge in [-0.2, -0.15) is 0 Å². The topological polar surface area (TPSA) is 149 Å². The van der Waals surface area contributed by atoms with E-state index in [0.717, 1.165) is 38.5 Å². The maximum atomic E-state index is 13.0. The lowest BCUT2D eigenvalue weighted by molar-refractivity contribution is -0.302. The van der Waals surface area contributed by atoms with Gasteiger partial charge in [-0.15, -0.1) is 0 Å². The van der Waals surface area contributed by atoms with Crippen LogP contribution < -0.4 is 5.32 Å². The molecule has 58 heavy (non-hydrogen) atoms. The van der Waals surface area contributed by atoms with E-state index in [4.69, 9.17) is 9.47 Å². The van der Waals surface area contributed by atoms with E-state index in [2.05, 4.69) is 31.3 Å². The maximum absolute atomic E-state index is 13.0. The summed E-state index contributed by atoms with van der Waals surface area (Å²) in [5.74, 6) is -0.143. The van der Waals surface area contributed by atoms with Crippen molar-refractivity contribution in [2.45, 2.75) is 281 Å². The molecule has 6 N–H and O–H groups in total. The van der Waals surface area contributed by atoms with Gasteiger partial charge in [0, 0.05) is 6.42 Å². The van der Waals surface area contributed by atoms with Gasteiger partial charge in [-0.3, -0.25) is 4.79 Å². The van der Waals surface area contributed by atoms with Crippen molar-refractivity contribution in [3.63, 3.8) is 0 Å². The number of rotatable bonds is 42. The van der Waals surface area contributed by atoms with E-state index in [1.54, 1.807) is 0 Å². The van der Waals surface area contributed by atoms with E-state index in [9.17, 15) is 30.3 Å². The van der Waals surface area contributed by atoms with Gasteiger partial charge in [0.05, 0.1) is 25.4 Å². The van der Waals surface area contributed by atoms with Gasteiger partial charge in [-0.25, -0.2) is 0 Å². The third-order valence-electron chi connectivity index (χ3n) is 12.1. The summed E-state index contributed by atoms with van der Waals surface area (Å²) in [5, 5.41) is 54.4. The zero-order chi connectivity index (χ0) is 42.3. The highest BCUT2D eigenvalue weighted by Gasteiger charge is 2.44. The number of aliphatic hydroxyl groups excluding tert-OH is 5. The lowest BCUT2D eigenvalue weighted by atomic mass is 9.99. The Kier molecular flexibility index (Phi) is 37.9. The molecule has 0 radical (unpaired) electrons. The molecule has 0 bridgehead atoms. The van der Waals surface area contributed by atoms with Crippen LogP contribution in [-0.4, -0.2) is 87.5 Å². The van der Waals surface area contributed by atoms with Gasteiger partial charge in [0.1, 0.15) is 24.4 Å². The highest BCUT2D eigenvalue weighted by molar-refractivity contribution is 5.76. The third kappa shape index (κ3) is 30.0. The summed E-state index contributed by atoms with van der Waals surface area (Å²) in [7, 11) is 0. The number of hydrogen-bond acceptors (Lipinski definition) is 8. The molecule has 0 aliphatic carbocycles. The Balaban J connectivity index is 2.23.